The molecule has 5 heteroatoms. The van der Waals surface area contributed by atoms with Gasteiger partial charge in [-0.15, -0.1) is 0 Å². The Kier molecular flexibility index (Phi) is 19.3. The Morgan fingerprint density at radius 3 is 1.59 bits per heavy atom. The van der Waals surface area contributed by atoms with E-state index < -0.39 is 8.32 Å². The topological polar surface area (TPSA) is 55.4 Å². The standard InChI is InChI=1S/C36H65NO3Si/c1-8-10-12-14-16-18-20-22-24-26-34(38)32-30-31(40-41(6,7)36(3,4)5)28-29-33(32)37-35(39)27-25-23-21-19-17-15-13-11-9-2/h28-30H,8-27H2,1-7H3,(H,37,39). The van der Waals surface area contributed by atoms with Crippen molar-refractivity contribution in [1.82, 2.24) is 0 Å². The summed E-state index contributed by atoms with van der Waals surface area (Å²) < 4.78 is 6.52. The number of Topliss-reactive ketones (excluding diaryl/α,β-unsaturated/α-hetero) is 1. The van der Waals surface area contributed by atoms with Crippen LogP contribution in [0.3, 0.4) is 0 Å². The van der Waals surface area contributed by atoms with Gasteiger partial charge in [-0.05, 0) is 49.2 Å². The van der Waals surface area contributed by atoms with Crippen LogP contribution in [-0.2, 0) is 4.79 Å². The van der Waals surface area contributed by atoms with Crippen LogP contribution in [0.25, 0.3) is 0 Å². The zero-order valence-electron chi connectivity index (χ0n) is 28.1. The van der Waals surface area contributed by atoms with Crippen molar-refractivity contribution in [2.75, 3.05) is 5.32 Å². The minimum Gasteiger partial charge on any atom is -0.543 e. The lowest BCUT2D eigenvalue weighted by Gasteiger charge is -2.36. The van der Waals surface area contributed by atoms with Gasteiger partial charge in [0.25, 0.3) is 0 Å². The van der Waals surface area contributed by atoms with Crippen LogP contribution in [0.5, 0.6) is 5.75 Å². The number of carbonyl (C=O) groups is 2. The summed E-state index contributed by atoms with van der Waals surface area (Å²) >= 11 is 0. The van der Waals surface area contributed by atoms with E-state index in [9.17, 15) is 9.59 Å². The maximum Gasteiger partial charge on any atom is 0.250 e. The van der Waals surface area contributed by atoms with E-state index in [1.807, 2.05) is 18.2 Å². The summed E-state index contributed by atoms with van der Waals surface area (Å²) in [5, 5.41) is 3.13. The summed E-state index contributed by atoms with van der Waals surface area (Å²) in [6.45, 7) is 15.6. The predicted molar refractivity (Wildman–Crippen MR) is 181 cm³/mol. The molecule has 0 unspecified atom stereocenters. The normalized spacial score (nSPS) is 12.0. The zero-order valence-corrected chi connectivity index (χ0v) is 29.1. The van der Waals surface area contributed by atoms with Crippen LogP contribution in [-0.4, -0.2) is 20.0 Å². The number of hydrogen-bond donors (Lipinski definition) is 1. The van der Waals surface area contributed by atoms with Gasteiger partial charge in [-0.3, -0.25) is 9.59 Å². The average Bonchev–Trinajstić information content (AvgIpc) is 2.91. The molecule has 1 rings (SSSR count). The Labute approximate surface area is 255 Å². The highest BCUT2D eigenvalue weighted by Crippen LogP contribution is 2.38. The van der Waals surface area contributed by atoms with Crippen molar-refractivity contribution < 1.29 is 14.0 Å². The first-order valence-electron chi connectivity index (χ1n) is 17.2. The van der Waals surface area contributed by atoms with Gasteiger partial charge >= 0.3 is 0 Å². The molecule has 1 N–H and O–H groups in total. The van der Waals surface area contributed by atoms with E-state index in [4.69, 9.17) is 4.43 Å². The van der Waals surface area contributed by atoms with Gasteiger partial charge in [0, 0.05) is 18.4 Å². The second kappa shape index (κ2) is 21.1. The first-order chi connectivity index (χ1) is 19.5. The smallest absolute Gasteiger partial charge is 0.250 e. The third kappa shape index (κ3) is 16.6. The monoisotopic (exact) mass is 587 g/mol. The van der Waals surface area contributed by atoms with Crippen LogP contribution in [0, 0.1) is 0 Å². The Balaban J connectivity index is 2.69. The molecule has 0 fully saturated rings. The van der Waals surface area contributed by atoms with Gasteiger partial charge < -0.3 is 9.74 Å². The van der Waals surface area contributed by atoms with Crippen molar-refractivity contribution in [3.63, 3.8) is 0 Å². The average molecular weight is 588 g/mol. The Morgan fingerprint density at radius 1 is 0.683 bits per heavy atom. The van der Waals surface area contributed by atoms with Crippen LogP contribution >= 0.6 is 0 Å². The third-order valence-electron chi connectivity index (χ3n) is 8.76. The minimum absolute atomic E-state index is 0.00290. The quantitative estimate of drug-likeness (QED) is 0.0743. The minimum atomic E-state index is -2.04. The zero-order chi connectivity index (χ0) is 30.6. The largest absolute Gasteiger partial charge is 0.543 e. The molecular weight excluding hydrogens is 522 g/mol. The number of benzene rings is 1. The van der Waals surface area contributed by atoms with Crippen molar-refractivity contribution in [2.45, 2.75) is 181 Å². The molecule has 4 nitrogen and oxygen atoms in total. The maximum atomic E-state index is 13.4. The summed E-state index contributed by atoms with van der Waals surface area (Å²) in [4.78, 5) is 26.2. The fourth-order valence-corrected chi connectivity index (χ4v) is 5.94. The number of amides is 1. The molecule has 0 bridgehead atoms. The Bertz CT molecular complexity index is 859. The van der Waals surface area contributed by atoms with Crippen LogP contribution in [0.15, 0.2) is 18.2 Å². The molecule has 1 aromatic carbocycles. The van der Waals surface area contributed by atoms with E-state index in [0.717, 1.165) is 31.4 Å². The van der Waals surface area contributed by atoms with E-state index in [-0.39, 0.29) is 16.7 Å². The third-order valence-corrected chi connectivity index (χ3v) is 13.1. The summed E-state index contributed by atoms with van der Waals surface area (Å²) in [7, 11) is -2.04. The van der Waals surface area contributed by atoms with Crippen molar-refractivity contribution >= 4 is 25.7 Å². The molecule has 0 atom stereocenters. The van der Waals surface area contributed by atoms with Gasteiger partial charge in [0.2, 0.25) is 14.2 Å². The van der Waals surface area contributed by atoms with Gasteiger partial charge in [-0.1, -0.05) is 137 Å². The predicted octanol–water partition coefficient (Wildman–Crippen LogP) is 12.0. The van der Waals surface area contributed by atoms with Crippen LogP contribution in [0.4, 0.5) is 5.69 Å². The highest BCUT2D eigenvalue weighted by atomic mass is 28.4. The number of carbonyl (C=O) groups excluding carboxylic acids is 2. The fraction of sp³-hybridized carbons (Fsp3) is 0.778. The molecule has 0 saturated heterocycles. The molecule has 236 valence electrons. The molecule has 0 aliphatic carbocycles. The maximum absolute atomic E-state index is 13.4. The van der Waals surface area contributed by atoms with Crippen LogP contribution in [0.2, 0.25) is 18.1 Å². The number of anilines is 1. The van der Waals surface area contributed by atoms with Crippen molar-refractivity contribution in [2.24, 2.45) is 0 Å². The van der Waals surface area contributed by atoms with Crippen LogP contribution in [0.1, 0.15) is 173 Å². The van der Waals surface area contributed by atoms with Crippen LogP contribution < -0.4 is 9.74 Å². The molecular formula is C36H65NO3Si. The van der Waals surface area contributed by atoms with Gasteiger partial charge in [-0.25, -0.2) is 0 Å². The number of hydrogen-bond acceptors (Lipinski definition) is 3. The van der Waals surface area contributed by atoms with E-state index in [1.165, 1.54) is 89.9 Å². The Morgan fingerprint density at radius 2 is 1.12 bits per heavy atom. The molecule has 0 saturated carbocycles. The molecule has 0 aliphatic rings. The van der Waals surface area contributed by atoms with Gasteiger partial charge in [0.1, 0.15) is 5.75 Å². The van der Waals surface area contributed by atoms with Gasteiger partial charge in [-0.2, -0.15) is 0 Å². The molecule has 0 aliphatic heterocycles. The lowest BCUT2D eigenvalue weighted by atomic mass is 10.0. The molecule has 0 heterocycles. The second-order valence-corrected chi connectivity index (χ2v) is 18.4. The Hall–Kier alpha value is -1.62. The second-order valence-electron chi connectivity index (χ2n) is 13.7. The van der Waals surface area contributed by atoms with Gasteiger partial charge in [0.05, 0.1) is 5.69 Å². The summed E-state index contributed by atoms with van der Waals surface area (Å²) in [5.74, 6) is 0.846. The summed E-state index contributed by atoms with van der Waals surface area (Å²) in [6, 6.07) is 5.68. The van der Waals surface area contributed by atoms with Crippen molar-refractivity contribution in [3.05, 3.63) is 23.8 Å². The molecule has 0 radical (unpaired) electrons. The van der Waals surface area contributed by atoms with Crippen molar-refractivity contribution in [1.29, 1.82) is 0 Å². The molecule has 1 amide bonds. The highest BCUT2D eigenvalue weighted by molar-refractivity contribution is 6.74. The number of rotatable bonds is 24. The van der Waals surface area contributed by atoms with Gasteiger partial charge in [0.15, 0.2) is 5.78 Å². The lowest BCUT2D eigenvalue weighted by Crippen LogP contribution is -2.43. The van der Waals surface area contributed by atoms with Crippen molar-refractivity contribution in [3.8, 4) is 5.75 Å². The lowest BCUT2D eigenvalue weighted by molar-refractivity contribution is -0.116. The molecule has 1 aromatic rings. The number of unbranched alkanes of at least 4 members (excludes halogenated alkanes) is 16. The van der Waals surface area contributed by atoms with E-state index in [2.05, 4.69) is 53.0 Å². The SMILES string of the molecule is CCCCCCCCCCCC(=O)Nc1ccc(O[Si](C)(C)C(C)(C)C)cc1C(=O)CCCCCCCCCCC. The fourth-order valence-electron chi connectivity index (χ4n) is 4.91. The summed E-state index contributed by atoms with van der Waals surface area (Å²) in [5.41, 5.74) is 1.23. The number of ketones is 1. The number of nitrogens with one attached hydrogen (secondary N) is 1. The van der Waals surface area contributed by atoms with E-state index >= 15 is 0 Å². The first kappa shape index (κ1) is 37.4. The van der Waals surface area contributed by atoms with E-state index in [0.29, 0.717) is 24.1 Å². The summed E-state index contributed by atoms with van der Waals surface area (Å²) in [6.07, 6.45) is 23.1. The molecule has 0 aromatic heterocycles. The molecule has 41 heavy (non-hydrogen) atoms. The molecule has 0 spiro atoms. The first-order valence-corrected chi connectivity index (χ1v) is 20.1. The van der Waals surface area contributed by atoms with E-state index in [1.54, 1.807) is 0 Å². The highest BCUT2D eigenvalue weighted by Gasteiger charge is 2.39.